The van der Waals surface area contributed by atoms with Gasteiger partial charge in [-0.05, 0) is 32.0 Å². The van der Waals surface area contributed by atoms with E-state index >= 15 is 0 Å². The first-order chi connectivity index (χ1) is 10.0. The maximum Gasteiger partial charge on any atom is 0.271 e. The zero-order valence-corrected chi connectivity index (χ0v) is 12.4. The van der Waals surface area contributed by atoms with E-state index in [-0.39, 0.29) is 11.8 Å². The van der Waals surface area contributed by atoms with Crippen LogP contribution in [0.1, 0.15) is 35.1 Å². The van der Waals surface area contributed by atoms with Gasteiger partial charge in [-0.3, -0.25) is 20.4 Å². The van der Waals surface area contributed by atoms with Gasteiger partial charge in [0, 0.05) is 23.5 Å². The van der Waals surface area contributed by atoms with Gasteiger partial charge in [-0.1, -0.05) is 25.1 Å². The molecule has 1 aromatic carbocycles. The Hall–Kier alpha value is -2.56. The van der Waals surface area contributed by atoms with Crippen molar-refractivity contribution in [1.82, 2.24) is 15.4 Å². The molecule has 2 amide bonds. The SMILES string of the molecule is CCC(=O)NNC(=O)c1cc(C)n(-c2ccccc2)c1C. The Kier molecular flexibility index (Phi) is 4.42. The third-order valence-corrected chi connectivity index (χ3v) is 3.33. The molecule has 0 bridgehead atoms. The van der Waals surface area contributed by atoms with Gasteiger partial charge in [-0.15, -0.1) is 0 Å². The molecule has 2 N–H and O–H groups in total. The van der Waals surface area contributed by atoms with Crippen LogP contribution in [0.15, 0.2) is 36.4 Å². The van der Waals surface area contributed by atoms with Crippen LogP contribution in [0.3, 0.4) is 0 Å². The Morgan fingerprint density at radius 1 is 1.10 bits per heavy atom. The summed E-state index contributed by atoms with van der Waals surface area (Å²) < 4.78 is 2.01. The number of aromatic nitrogens is 1. The first kappa shape index (κ1) is 14.8. The van der Waals surface area contributed by atoms with Crippen LogP contribution in [0.5, 0.6) is 0 Å². The van der Waals surface area contributed by atoms with Crippen molar-refractivity contribution >= 4 is 11.8 Å². The molecule has 0 saturated carbocycles. The molecule has 5 heteroatoms. The third kappa shape index (κ3) is 3.13. The van der Waals surface area contributed by atoms with E-state index in [1.165, 1.54) is 0 Å². The molecule has 0 aliphatic carbocycles. The number of aryl methyl sites for hydroxylation is 1. The molecular formula is C16H19N3O2. The van der Waals surface area contributed by atoms with E-state index in [2.05, 4.69) is 10.9 Å². The molecule has 0 unspecified atom stereocenters. The van der Waals surface area contributed by atoms with E-state index in [1.807, 2.05) is 54.8 Å². The van der Waals surface area contributed by atoms with Crippen LogP contribution in [0.4, 0.5) is 0 Å². The minimum absolute atomic E-state index is 0.222. The summed E-state index contributed by atoms with van der Waals surface area (Å²) in [4.78, 5) is 23.3. The quantitative estimate of drug-likeness (QED) is 0.850. The summed E-state index contributed by atoms with van der Waals surface area (Å²) in [5.41, 5.74) is 8.16. The predicted octanol–water partition coefficient (Wildman–Crippen LogP) is 2.27. The standard InChI is InChI=1S/C16H19N3O2/c1-4-15(20)17-18-16(21)14-10-11(2)19(12(14)3)13-8-6-5-7-9-13/h5-10H,4H2,1-3H3,(H,17,20)(H,18,21). The molecule has 5 nitrogen and oxygen atoms in total. The van der Waals surface area contributed by atoms with Gasteiger partial charge in [0.1, 0.15) is 0 Å². The minimum Gasteiger partial charge on any atom is -0.318 e. The zero-order chi connectivity index (χ0) is 15.4. The molecule has 0 aliphatic heterocycles. The van der Waals surface area contributed by atoms with Gasteiger partial charge in [0.15, 0.2) is 0 Å². The average molecular weight is 285 g/mol. The average Bonchev–Trinajstić information content (AvgIpc) is 2.80. The van der Waals surface area contributed by atoms with E-state index in [0.29, 0.717) is 12.0 Å². The van der Waals surface area contributed by atoms with Crippen molar-refractivity contribution < 1.29 is 9.59 Å². The number of amides is 2. The van der Waals surface area contributed by atoms with Crippen LogP contribution in [-0.2, 0) is 4.79 Å². The van der Waals surface area contributed by atoms with Crippen LogP contribution in [0, 0.1) is 13.8 Å². The number of benzene rings is 1. The second-order valence-electron chi connectivity index (χ2n) is 4.81. The minimum atomic E-state index is -0.313. The highest BCUT2D eigenvalue weighted by Gasteiger charge is 2.16. The number of nitrogens with one attached hydrogen (secondary N) is 2. The van der Waals surface area contributed by atoms with Crippen LogP contribution in [0.2, 0.25) is 0 Å². The molecule has 0 fully saturated rings. The molecule has 0 atom stereocenters. The van der Waals surface area contributed by atoms with Crippen molar-refractivity contribution in [3.63, 3.8) is 0 Å². The number of carbonyl (C=O) groups is 2. The number of nitrogens with zero attached hydrogens (tertiary/aromatic N) is 1. The number of hydrogen-bond acceptors (Lipinski definition) is 2. The molecule has 110 valence electrons. The summed E-state index contributed by atoms with van der Waals surface area (Å²) in [7, 11) is 0. The Morgan fingerprint density at radius 2 is 1.76 bits per heavy atom. The lowest BCUT2D eigenvalue weighted by molar-refractivity contribution is -0.121. The molecule has 1 aromatic heterocycles. The smallest absolute Gasteiger partial charge is 0.271 e. The third-order valence-electron chi connectivity index (χ3n) is 3.33. The molecule has 2 rings (SSSR count). The fraction of sp³-hybridized carbons (Fsp3) is 0.250. The lowest BCUT2D eigenvalue weighted by atomic mass is 10.2. The van der Waals surface area contributed by atoms with Gasteiger partial charge in [-0.25, -0.2) is 0 Å². The van der Waals surface area contributed by atoms with Crippen molar-refractivity contribution in [3.05, 3.63) is 53.3 Å². The van der Waals surface area contributed by atoms with Crippen LogP contribution in [0.25, 0.3) is 5.69 Å². The van der Waals surface area contributed by atoms with Crippen molar-refractivity contribution in [1.29, 1.82) is 0 Å². The predicted molar refractivity (Wildman–Crippen MR) is 81.1 cm³/mol. The van der Waals surface area contributed by atoms with Gasteiger partial charge < -0.3 is 4.57 Å². The summed E-state index contributed by atoms with van der Waals surface area (Å²) in [5, 5.41) is 0. The van der Waals surface area contributed by atoms with E-state index in [1.54, 1.807) is 6.92 Å². The highest BCUT2D eigenvalue weighted by Crippen LogP contribution is 2.20. The van der Waals surface area contributed by atoms with Gasteiger partial charge in [-0.2, -0.15) is 0 Å². The van der Waals surface area contributed by atoms with Gasteiger partial charge in [0.25, 0.3) is 5.91 Å². The monoisotopic (exact) mass is 285 g/mol. The number of para-hydroxylation sites is 1. The molecule has 0 radical (unpaired) electrons. The zero-order valence-electron chi connectivity index (χ0n) is 12.4. The maximum atomic E-state index is 12.1. The van der Waals surface area contributed by atoms with Crippen molar-refractivity contribution in [2.45, 2.75) is 27.2 Å². The van der Waals surface area contributed by atoms with E-state index in [9.17, 15) is 9.59 Å². The molecule has 0 spiro atoms. The van der Waals surface area contributed by atoms with Crippen LogP contribution < -0.4 is 10.9 Å². The Morgan fingerprint density at radius 3 is 2.38 bits per heavy atom. The van der Waals surface area contributed by atoms with Gasteiger partial charge in [0.2, 0.25) is 5.91 Å². The lowest BCUT2D eigenvalue weighted by Crippen LogP contribution is -2.41. The Labute approximate surface area is 123 Å². The Bertz CT molecular complexity index is 660. The second-order valence-corrected chi connectivity index (χ2v) is 4.81. The topological polar surface area (TPSA) is 63.1 Å². The normalized spacial score (nSPS) is 10.2. The second kappa shape index (κ2) is 6.26. The highest BCUT2D eigenvalue weighted by molar-refractivity contribution is 5.96. The molecule has 21 heavy (non-hydrogen) atoms. The highest BCUT2D eigenvalue weighted by atomic mass is 16.2. The summed E-state index contributed by atoms with van der Waals surface area (Å²) in [6.45, 7) is 5.56. The lowest BCUT2D eigenvalue weighted by Gasteiger charge is -2.10. The van der Waals surface area contributed by atoms with Crippen LogP contribution in [-0.4, -0.2) is 16.4 Å². The summed E-state index contributed by atoms with van der Waals surface area (Å²) in [6, 6.07) is 11.6. The van der Waals surface area contributed by atoms with Crippen molar-refractivity contribution in [3.8, 4) is 5.69 Å². The largest absolute Gasteiger partial charge is 0.318 e. The fourth-order valence-corrected chi connectivity index (χ4v) is 2.25. The van der Waals surface area contributed by atoms with Crippen molar-refractivity contribution in [2.24, 2.45) is 0 Å². The maximum absolute atomic E-state index is 12.1. The van der Waals surface area contributed by atoms with Crippen LogP contribution >= 0.6 is 0 Å². The molecule has 2 aromatic rings. The number of hydrogen-bond donors (Lipinski definition) is 2. The molecule has 1 heterocycles. The first-order valence-corrected chi connectivity index (χ1v) is 6.88. The van der Waals surface area contributed by atoms with Gasteiger partial charge >= 0.3 is 0 Å². The number of carbonyl (C=O) groups excluding carboxylic acids is 2. The molecule has 0 saturated heterocycles. The fourth-order valence-electron chi connectivity index (χ4n) is 2.25. The number of rotatable bonds is 3. The summed E-state index contributed by atoms with van der Waals surface area (Å²) in [6.07, 6.45) is 0.323. The van der Waals surface area contributed by atoms with E-state index < -0.39 is 0 Å². The molecular weight excluding hydrogens is 266 g/mol. The number of hydrazine groups is 1. The molecule has 0 aliphatic rings. The van der Waals surface area contributed by atoms with E-state index in [4.69, 9.17) is 0 Å². The summed E-state index contributed by atoms with van der Waals surface area (Å²) >= 11 is 0. The first-order valence-electron chi connectivity index (χ1n) is 6.88. The van der Waals surface area contributed by atoms with E-state index in [0.717, 1.165) is 17.1 Å². The van der Waals surface area contributed by atoms with Gasteiger partial charge in [0.05, 0.1) is 5.56 Å². The Balaban J connectivity index is 2.27. The summed E-state index contributed by atoms with van der Waals surface area (Å²) in [5.74, 6) is -0.535. The van der Waals surface area contributed by atoms with Crippen molar-refractivity contribution in [2.75, 3.05) is 0 Å².